The largest absolute Gasteiger partial charge is 0.303 e. The Labute approximate surface area is 152 Å². The summed E-state index contributed by atoms with van der Waals surface area (Å²) in [5.41, 5.74) is 2.80. The van der Waals surface area contributed by atoms with Gasteiger partial charge in [-0.15, -0.1) is 0 Å². The fourth-order valence-electron chi connectivity index (χ4n) is 7.44. The summed E-state index contributed by atoms with van der Waals surface area (Å²) in [6.45, 7) is 9.21. The number of allylic oxidation sites excluding steroid dienone is 4. The van der Waals surface area contributed by atoms with Crippen molar-refractivity contribution < 1.29 is 9.59 Å². The van der Waals surface area contributed by atoms with Crippen molar-refractivity contribution in [2.45, 2.75) is 72.6 Å². The first-order chi connectivity index (χ1) is 11.8. The zero-order chi connectivity index (χ0) is 18.0. The van der Waals surface area contributed by atoms with Gasteiger partial charge < -0.3 is 4.79 Å². The fourth-order valence-corrected chi connectivity index (χ4v) is 7.44. The lowest BCUT2D eigenvalue weighted by molar-refractivity contribution is -0.128. The van der Waals surface area contributed by atoms with Crippen molar-refractivity contribution in [2.75, 3.05) is 0 Å². The van der Waals surface area contributed by atoms with Gasteiger partial charge >= 0.3 is 0 Å². The topological polar surface area (TPSA) is 34.1 Å². The van der Waals surface area contributed by atoms with E-state index in [0.29, 0.717) is 30.0 Å². The molecule has 0 unspecified atom stereocenters. The van der Waals surface area contributed by atoms with Crippen molar-refractivity contribution in [1.82, 2.24) is 0 Å². The first-order valence-corrected chi connectivity index (χ1v) is 10.2. The van der Waals surface area contributed by atoms with E-state index in [1.165, 1.54) is 30.3 Å². The molecule has 0 bridgehead atoms. The maximum absolute atomic E-state index is 12.1. The van der Waals surface area contributed by atoms with Crippen LogP contribution < -0.4 is 0 Å². The number of hydrogen-bond acceptors (Lipinski definition) is 2. The molecule has 0 radical (unpaired) electrons. The van der Waals surface area contributed by atoms with Crippen molar-refractivity contribution in [2.24, 2.45) is 34.0 Å². The Kier molecular flexibility index (Phi) is 3.73. The average molecular weight is 341 g/mol. The molecule has 6 atom stereocenters. The van der Waals surface area contributed by atoms with E-state index in [0.717, 1.165) is 25.7 Å². The van der Waals surface area contributed by atoms with Crippen LogP contribution in [-0.4, -0.2) is 12.1 Å². The molecule has 0 N–H and O–H groups in total. The number of carbonyl (C=O) groups is 2. The highest BCUT2D eigenvalue weighted by atomic mass is 16.1. The molecule has 0 aromatic rings. The van der Waals surface area contributed by atoms with Gasteiger partial charge in [0.1, 0.15) is 6.29 Å². The number of fused-ring (bicyclic) bond motifs is 5. The zero-order valence-electron chi connectivity index (χ0n) is 16.2. The summed E-state index contributed by atoms with van der Waals surface area (Å²) in [4.78, 5) is 24.1. The molecule has 2 heteroatoms. The summed E-state index contributed by atoms with van der Waals surface area (Å²) in [5, 5.41) is 0. The average Bonchev–Trinajstić information content (AvgIpc) is 2.89. The van der Waals surface area contributed by atoms with Crippen molar-refractivity contribution in [3.63, 3.8) is 0 Å². The normalized spacial score (nSPS) is 48.8. The SMILES string of the molecule is CC[C@@]1(C=O)CC[C@H]2[C@@H]3C=C(C)C4=CC(=O)CC[C@]4(C)[C@H]3CC[C@@]21C. The second-order valence-electron chi connectivity index (χ2n) is 9.70. The van der Waals surface area contributed by atoms with Gasteiger partial charge in [-0.25, -0.2) is 0 Å². The molecule has 0 aromatic carbocycles. The molecule has 0 heterocycles. The van der Waals surface area contributed by atoms with E-state index in [1.807, 2.05) is 6.08 Å². The molecule has 0 saturated heterocycles. The van der Waals surface area contributed by atoms with E-state index in [1.54, 1.807) is 0 Å². The highest BCUT2D eigenvalue weighted by Gasteiger charge is 2.63. The van der Waals surface area contributed by atoms with Crippen LogP contribution in [0.2, 0.25) is 0 Å². The molecule has 0 aromatic heterocycles. The van der Waals surface area contributed by atoms with E-state index in [9.17, 15) is 9.59 Å². The molecule has 25 heavy (non-hydrogen) atoms. The maximum Gasteiger partial charge on any atom is 0.156 e. The van der Waals surface area contributed by atoms with Crippen LogP contribution in [0.5, 0.6) is 0 Å². The molecule has 4 aliphatic rings. The Hall–Kier alpha value is -1.18. The predicted molar refractivity (Wildman–Crippen MR) is 100 cm³/mol. The van der Waals surface area contributed by atoms with Gasteiger partial charge in [0.15, 0.2) is 5.78 Å². The molecule has 136 valence electrons. The molecule has 2 nitrogen and oxygen atoms in total. The Balaban J connectivity index is 1.80. The van der Waals surface area contributed by atoms with Gasteiger partial charge in [0.05, 0.1) is 0 Å². The summed E-state index contributed by atoms with van der Waals surface area (Å²) in [6.07, 6.45) is 13.0. The molecule has 0 amide bonds. The summed E-state index contributed by atoms with van der Waals surface area (Å²) >= 11 is 0. The van der Waals surface area contributed by atoms with Gasteiger partial charge in [-0.1, -0.05) is 32.4 Å². The Morgan fingerprint density at radius 3 is 2.56 bits per heavy atom. The number of ketones is 1. The smallest absolute Gasteiger partial charge is 0.156 e. The van der Waals surface area contributed by atoms with Crippen molar-refractivity contribution in [3.05, 3.63) is 23.3 Å². The van der Waals surface area contributed by atoms with Gasteiger partial charge in [-0.05, 0) is 85.7 Å². The van der Waals surface area contributed by atoms with E-state index >= 15 is 0 Å². The molecular weight excluding hydrogens is 308 g/mol. The van der Waals surface area contributed by atoms with Crippen molar-refractivity contribution >= 4 is 12.1 Å². The first kappa shape index (κ1) is 17.2. The Bertz CT molecular complexity index is 686. The van der Waals surface area contributed by atoms with Crippen LogP contribution in [-0.2, 0) is 9.59 Å². The minimum absolute atomic E-state index is 0.121. The third kappa shape index (κ3) is 2.03. The van der Waals surface area contributed by atoms with Crippen LogP contribution in [0.3, 0.4) is 0 Å². The molecule has 0 aliphatic heterocycles. The van der Waals surface area contributed by atoms with Crippen LogP contribution in [0.4, 0.5) is 0 Å². The Morgan fingerprint density at radius 2 is 1.88 bits per heavy atom. The van der Waals surface area contributed by atoms with E-state index in [4.69, 9.17) is 0 Å². The zero-order valence-corrected chi connectivity index (χ0v) is 16.2. The third-order valence-corrected chi connectivity index (χ3v) is 9.11. The third-order valence-electron chi connectivity index (χ3n) is 9.11. The summed E-state index contributed by atoms with van der Waals surface area (Å²) in [5.74, 6) is 2.11. The minimum Gasteiger partial charge on any atom is -0.303 e. The van der Waals surface area contributed by atoms with Crippen LogP contribution in [0.25, 0.3) is 0 Å². The molecule has 4 rings (SSSR count). The second kappa shape index (κ2) is 5.41. The molecule has 4 aliphatic carbocycles. The van der Waals surface area contributed by atoms with Gasteiger partial charge in [-0.3, -0.25) is 4.79 Å². The second-order valence-corrected chi connectivity index (χ2v) is 9.70. The van der Waals surface area contributed by atoms with Crippen LogP contribution >= 0.6 is 0 Å². The molecular formula is C23H32O2. The number of hydrogen-bond donors (Lipinski definition) is 0. The highest BCUT2D eigenvalue weighted by Crippen LogP contribution is 2.69. The number of aldehydes is 1. The van der Waals surface area contributed by atoms with E-state index < -0.39 is 0 Å². The lowest BCUT2D eigenvalue weighted by Gasteiger charge is -2.58. The molecule has 0 spiro atoms. The quantitative estimate of drug-likeness (QED) is 0.641. The summed E-state index contributed by atoms with van der Waals surface area (Å²) in [6, 6.07) is 0. The van der Waals surface area contributed by atoms with Crippen molar-refractivity contribution in [1.29, 1.82) is 0 Å². The van der Waals surface area contributed by atoms with Crippen LogP contribution in [0.1, 0.15) is 72.6 Å². The predicted octanol–water partition coefficient (Wildman–Crippen LogP) is 5.28. The van der Waals surface area contributed by atoms with E-state index in [2.05, 4.69) is 33.8 Å². The highest BCUT2D eigenvalue weighted by molar-refractivity contribution is 5.92. The lowest BCUT2D eigenvalue weighted by Crippen LogP contribution is -2.52. The van der Waals surface area contributed by atoms with Gasteiger partial charge in [0.2, 0.25) is 0 Å². The van der Waals surface area contributed by atoms with Gasteiger partial charge in [0.25, 0.3) is 0 Å². The maximum atomic E-state index is 12.1. The van der Waals surface area contributed by atoms with Crippen LogP contribution in [0, 0.1) is 34.0 Å². The molecule has 2 fully saturated rings. The monoisotopic (exact) mass is 340 g/mol. The molecule has 2 saturated carbocycles. The summed E-state index contributed by atoms with van der Waals surface area (Å²) in [7, 11) is 0. The van der Waals surface area contributed by atoms with E-state index in [-0.39, 0.29) is 16.2 Å². The van der Waals surface area contributed by atoms with Gasteiger partial charge in [0, 0.05) is 11.8 Å². The number of rotatable bonds is 2. The van der Waals surface area contributed by atoms with Crippen molar-refractivity contribution in [3.8, 4) is 0 Å². The first-order valence-electron chi connectivity index (χ1n) is 10.2. The Morgan fingerprint density at radius 1 is 1.16 bits per heavy atom. The summed E-state index contributed by atoms with van der Waals surface area (Å²) < 4.78 is 0. The number of carbonyl (C=O) groups excluding carboxylic acids is 2. The standard InChI is InChI=1S/C23H32O2/c1-5-23(14-24)11-8-19-17-12-15(2)20-13-16(25)6-9-21(20,3)18(17)7-10-22(19,23)4/h12-14,17-19H,5-11H2,1-4H3/t17-,18+,19+,21-,22+,23+/m1/s1. The fraction of sp³-hybridized carbons (Fsp3) is 0.739. The lowest BCUT2D eigenvalue weighted by atomic mass is 9.46. The van der Waals surface area contributed by atoms with Gasteiger partial charge in [-0.2, -0.15) is 0 Å². The minimum atomic E-state index is -0.121. The van der Waals surface area contributed by atoms with Crippen LogP contribution in [0.15, 0.2) is 23.3 Å².